The molecule has 0 bridgehead atoms. The highest BCUT2D eigenvalue weighted by atomic mass is 16.5. The van der Waals surface area contributed by atoms with Gasteiger partial charge in [0.15, 0.2) is 0 Å². The van der Waals surface area contributed by atoms with Gasteiger partial charge in [0, 0.05) is 39.0 Å². The molecular weight excluding hydrogens is 336 g/mol. The lowest BCUT2D eigenvalue weighted by molar-refractivity contribution is 0.0968. The summed E-state index contributed by atoms with van der Waals surface area (Å²) in [5.41, 5.74) is 3.64. The summed E-state index contributed by atoms with van der Waals surface area (Å²) in [6.45, 7) is 15.2. The number of anilines is 1. The van der Waals surface area contributed by atoms with Gasteiger partial charge in [-0.2, -0.15) is 0 Å². The lowest BCUT2D eigenvalue weighted by Gasteiger charge is -2.46. The fourth-order valence-electron chi connectivity index (χ4n) is 5.45. The van der Waals surface area contributed by atoms with Crippen LogP contribution in [0.25, 0.3) is 0 Å². The van der Waals surface area contributed by atoms with Crippen LogP contribution in [0.2, 0.25) is 0 Å². The van der Waals surface area contributed by atoms with E-state index < -0.39 is 0 Å². The summed E-state index contributed by atoms with van der Waals surface area (Å²) in [6.07, 6.45) is 3.79. The molecule has 27 heavy (non-hydrogen) atoms. The molecular formula is C23H38N2O2. The van der Waals surface area contributed by atoms with Crippen LogP contribution in [-0.4, -0.2) is 46.5 Å². The van der Waals surface area contributed by atoms with Crippen molar-refractivity contribution in [3.63, 3.8) is 0 Å². The molecule has 1 aliphatic carbocycles. The first kappa shape index (κ1) is 20.5. The summed E-state index contributed by atoms with van der Waals surface area (Å²) in [7, 11) is 1.72. The number of methoxy groups -OCH3 is 1. The van der Waals surface area contributed by atoms with E-state index in [0.29, 0.717) is 30.0 Å². The molecule has 4 nitrogen and oxygen atoms in total. The van der Waals surface area contributed by atoms with Crippen molar-refractivity contribution in [2.24, 2.45) is 10.8 Å². The van der Waals surface area contributed by atoms with E-state index in [0.717, 1.165) is 31.9 Å². The maximum Gasteiger partial charge on any atom is 0.119 e. The maximum absolute atomic E-state index is 5.97. The van der Waals surface area contributed by atoms with Gasteiger partial charge >= 0.3 is 0 Å². The topological polar surface area (TPSA) is 33.7 Å². The predicted octanol–water partition coefficient (Wildman–Crippen LogP) is 4.44. The molecule has 0 spiro atoms. The molecule has 1 aliphatic heterocycles. The van der Waals surface area contributed by atoms with E-state index in [4.69, 9.17) is 9.47 Å². The number of rotatable bonds is 6. The Kier molecular flexibility index (Phi) is 6.37. The van der Waals surface area contributed by atoms with Gasteiger partial charge in [-0.15, -0.1) is 0 Å². The molecule has 0 radical (unpaired) electrons. The van der Waals surface area contributed by atoms with Gasteiger partial charge in [0.1, 0.15) is 12.4 Å². The van der Waals surface area contributed by atoms with Gasteiger partial charge in [-0.3, -0.25) is 0 Å². The van der Waals surface area contributed by atoms with Crippen LogP contribution in [0.1, 0.15) is 58.4 Å². The molecule has 1 aromatic carbocycles. The van der Waals surface area contributed by atoms with E-state index in [1.807, 2.05) is 0 Å². The Balaban J connectivity index is 1.92. The van der Waals surface area contributed by atoms with Crippen molar-refractivity contribution in [3.8, 4) is 5.75 Å². The van der Waals surface area contributed by atoms with Crippen molar-refractivity contribution < 1.29 is 9.47 Å². The number of nitrogens with zero attached hydrogens (tertiary/aromatic N) is 1. The van der Waals surface area contributed by atoms with Crippen LogP contribution in [0.4, 0.5) is 5.69 Å². The Morgan fingerprint density at radius 3 is 2.33 bits per heavy atom. The van der Waals surface area contributed by atoms with Crippen molar-refractivity contribution in [2.75, 3.05) is 51.4 Å². The SMILES string of the molecule is COCCOc1ccc(N2CCNCC2)c(C2CC(C)(C)CC(C)(C)C2)c1. The zero-order valence-corrected chi connectivity index (χ0v) is 17.9. The number of hydrogen-bond acceptors (Lipinski definition) is 4. The van der Waals surface area contributed by atoms with Crippen LogP contribution < -0.4 is 15.0 Å². The first-order valence-electron chi connectivity index (χ1n) is 10.5. The summed E-state index contributed by atoms with van der Waals surface area (Å²) in [5, 5.41) is 3.48. The normalized spacial score (nSPS) is 22.6. The van der Waals surface area contributed by atoms with Crippen LogP contribution >= 0.6 is 0 Å². The molecule has 1 aromatic rings. The third-order valence-electron chi connectivity index (χ3n) is 6.01. The minimum Gasteiger partial charge on any atom is -0.491 e. The quantitative estimate of drug-likeness (QED) is 0.746. The van der Waals surface area contributed by atoms with Gasteiger partial charge in [-0.05, 0) is 59.8 Å². The van der Waals surface area contributed by atoms with Gasteiger partial charge < -0.3 is 19.7 Å². The van der Waals surface area contributed by atoms with E-state index >= 15 is 0 Å². The molecule has 4 heteroatoms. The Bertz CT molecular complexity index is 605. The zero-order chi connectivity index (χ0) is 19.5. The third-order valence-corrected chi connectivity index (χ3v) is 6.01. The van der Waals surface area contributed by atoms with Crippen molar-refractivity contribution in [2.45, 2.75) is 52.9 Å². The van der Waals surface area contributed by atoms with E-state index in [1.165, 1.54) is 30.5 Å². The summed E-state index contributed by atoms with van der Waals surface area (Å²) in [5.74, 6) is 1.56. The van der Waals surface area contributed by atoms with Crippen LogP contribution in [-0.2, 0) is 4.74 Å². The minimum absolute atomic E-state index is 0.375. The second-order valence-electron chi connectivity index (χ2n) is 9.91. The fourth-order valence-corrected chi connectivity index (χ4v) is 5.45. The Labute approximate surface area is 165 Å². The highest BCUT2D eigenvalue weighted by molar-refractivity contribution is 5.58. The van der Waals surface area contributed by atoms with Gasteiger partial charge in [0.25, 0.3) is 0 Å². The molecule has 0 amide bonds. The zero-order valence-electron chi connectivity index (χ0n) is 17.9. The summed E-state index contributed by atoms with van der Waals surface area (Å²) < 4.78 is 11.1. The number of nitrogens with one attached hydrogen (secondary N) is 1. The molecule has 2 aliphatic rings. The van der Waals surface area contributed by atoms with Gasteiger partial charge in [-0.1, -0.05) is 27.7 Å². The van der Waals surface area contributed by atoms with E-state index in [9.17, 15) is 0 Å². The molecule has 0 atom stereocenters. The van der Waals surface area contributed by atoms with Crippen molar-refractivity contribution in [1.29, 1.82) is 0 Å². The first-order chi connectivity index (χ1) is 12.8. The van der Waals surface area contributed by atoms with E-state index in [2.05, 4.69) is 56.1 Å². The van der Waals surface area contributed by atoms with Gasteiger partial charge in [0.05, 0.1) is 6.61 Å². The van der Waals surface area contributed by atoms with Crippen LogP contribution in [0.15, 0.2) is 18.2 Å². The monoisotopic (exact) mass is 374 g/mol. The van der Waals surface area contributed by atoms with E-state index in [-0.39, 0.29) is 0 Å². The average molecular weight is 375 g/mol. The third kappa shape index (κ3) is 5.39. The number of piperazine rings is 1. The Morgan fingerprint density at radius 1 is 1.04 bits per heavy atom. The lowest BCUT2D eigenvalue weighted by Crippen LogP contribution is -2.44. The molecule has 1 N–H and O–H groups in total. The van der Waals surface area contributed by atoms with Crippen molar-refractivity contribution >= 4 is 5.69 Å². The van der Waals surface area contributed by atoms with Crippen molar-refractivity contribution in [3.05, 3.63) is 23.8 Å². The molecule has 3 rings (SSSR count). The molecule has 1 saturated heterocycles. The summed E-state index contributed by atoms with van der Waals surface area (Å²) in [4.78, 5) is 2.55. The minimum atomic E-state index is 0.375. The second kappa shape index (κ2) is 8.40. The highest BCUT2D eigenvalue weighted by Crippen LogP contribution is 2.53. The molecule has 1 saturated carbocycles. The van der Waals surface area contributed by atoms with Crippen LogP contribution in [0, 0.1) is 10.8 Å². The predicted molar refractivity (Wildman–Crippen MR) is 113 cm³/mol. The molecule has 0 unspecified atom stereocenters. The molecule has 1 heterocycles. The van der Waals surface area contributed by atoms with E-state index in [1.54, 1.807) is 7.11 Å². The largest absolute Gasteiger partial charge is 0.491 e. The number of ether oxygens (including phenoxy) is 2. The van der Waals surface area contributed by atoms with Gasteiger partial charge in [0.2, 0.25) is 0 Å². The molecule has 0 aromatic heterocycles. The smallest absolute Gasteiger partial charge is 0.119 e. The average Bonchev–Trinajstić information content (AvgIpc) is 2.60. The lowest BCUT2D eigenvalue weighted by atomic mass is 9.60. The summed E-state index contributed by atoms with van der Waals surface area (Å²) in [6, 6.07) is 6.74. The van der Waals surface area contributed by atoms with Crippen LogP contribution in [0.3, 0.4) is 0 Å². The van der Waals surface area contributed by atoms with Crippen LogP contribution in [0.5, 0.6) is 5.75 Å². The van der Waals surface area contributed by atoms with Gasteiger partial charge in [-0.25, -0.2) is 0 Å². The Morgan fingerprint density at radius 2 is 1.70 bits per heavy atom. The number of hydrogen-bond donors (Lipinski definition) is 1. The standard InChI is InChI=1S/C23H38N2O2/c1-22(2)15-18(16-23(3,4)17-22)20-14-19(27-13-12-26-5)6-7-21(20)25-10-8-24-9-11-25/h6-7,14,18,24H,8-13,15-17H2,1-5H3. The highest BCUT2D eigenvalue weighted by Gasteiger charge is 2.40. The molecule has 152 valence electrons. The van der Waals surface area contributed by atoms with Crippen molar-refractivity contribution in [1.82, 2.24) is 5.32 Å². The molecule has 2 fully saturated rings. The first-order valence-corrected chi connectivity index (χ1v) is 10.5. The Hall–Kier alpha value is -1.26. The number of benzene rings is 1. The maximum atomic E-state index is 5.97. The second-order valence-corrected chi connectivity index (χ2v) is 9.91. The summed E-state index contributed by atoms with van der Waals surface area (Å²) >= 11 is 0. The fraction of sp³-hybridized carbons (Fsp3) is 0.739.